The monoisotopic (exact) mass is 283 g/mol. The first-order chi connectivity index (χ1) is 10.9. The lowest BCUT2D eigenvalue weighted by Crippen LogP contribution is -2.37. The fraction of sp³-hybridized carbons (Fsp3) is 0.100. The van der Waals surface area contributed by atoms with E-state index in [9.17, 15) is 0 Å². The van der Waals surface area contributed by atoms with Crippen LogP contribution in [0.4, 0.5) is 0 Å². The van der Waals surface area contributed by atoms with Gasteiger partial charge in [0.15, 0.2) is 12.7 Å². The number of terminal acetylenes is 1. The molecule has 0 unspecified atom stereocenters. The van der Waals surface area contributed by atoms with E-state index in [2.05, 4.69) is 45.5 Å². The first-order valence-corrected chi connectivity index (χ1v) is 7.16. The molecule has 3 aromatic rings. The molecule has 22 heavy (non-hydrogen) atoms. The fourth-order valence-electron chi connectivity index (χ4n) is 2.33. The molecule has 0 spiro atoms. The van der Waals surface area contributed by atoms with Gasteiger partial charge in [-0.1, -0.05) is 24.3 Å². The average molecular weight is 283 g/mol. The van der Waals surface area contributed by atoms with Gasteiger partial charge in [0.1, 0.15) is 5.69 Å². The Balaban J connectivity index is 2.13. The molecule has 2 nitrogen and oxygen atoms in total. The minimum Gasteiger partial charge on any atom is -0.248 e. The van der Waals surface area contributed by atoms with Crippen LogP contribution in [-0.4, -0.2) is 4.98 Å². The number of aryl methyl sites for hydroxylation is 1. The second-order valence-electron chi connectivity index (χ2n) is 4.86. The predicted molar refractivity (Wildman–Crippen MR) is 87.8 cm³/mol. The van der Waals surface area contributed by atoms with Gasteiger partial charge in [-0.05, 0) is 29.5 Å². The quantitative estimate of drug-likeness (QED) is 0.522. The van der Waals surface area contributed by atoms with Gasteiger partial charge in [-0.25, -0.2) is 4.98 Å². The lowest BCUT2D eigenvalue weighted by Gasteiger charge is -2.01. The van der Waals surface area contributed by atoms with E-state index in [4.69, 9.17) is 6.42 Å². The lowest BCUT2D eigenvalue weighted by atomic mass is 10.1. The molecule has 0 radical (unpaired) electrons. The highest BCUT2D eigenvalue weighted by molar-refractivity contribution is 5.85. The maximum Gasteiger partial charge on any atom is 0.265 e. The van der Waals surface area contributed by atoms with Crippen molar-refractivity contribution in [3.63, 3.8) is 0 Å². The third-order valence-electron chi connectivity index (χ3n) is 3.41. The van der Waals surface area contributed by atoms with Gasteiger partial charge in [0.05, 0.1) is 11.8 Å². The maximum absolute atomic E-state index is 5.39. The number of rotatable bonds is 2. The van der Waals surface area contributed by atoms with E-state index >= 15 is 0 Å². The summed E-state index contributed by atoms with van der Waals surface area (Å²) in [6, 6.07) is 16.1. The number of hydrogen-bond donors (Lipinski definition) is 0. The molecule has 1 aromatic carbocycles. The molecular weight excluding hydrogens is 268 g/mol. The predicted octanol–water partition coefficient (Wildman–Crippen LogP) is 2.95. The largest absolute Gasteiger partial charge is 0.265 e. The highest BCUT2D eigenvalue weighted by atomic mass is 14.9. The molecule has 0 fully saturated rings. The van der Waals surface area contributed by atoms with Crippen LogP contribution in [0.2, 0.25) is 0 Å². The molecule has 3 rings (SSSR count). The van der Waals surface area contributed by atoms with Gasteiger partial charge in [0.25, 0.3) is 5.69 Å². The van der Waals surface area contributed by atoms with Gasteiger partial charge in [-0.2, -0.15) is 4.57 Å². The summed E-state index contributed by atoms with van der Waals surface area (Å²) in [4.78, 5) is 4.25. The lowest BCUT2D eigenvalue weighted by molar-refractivity contribution is -0.696. The molecule has 0 N–H and O–H groups in total. The van der Waals surface area contributed by atoms with Crippen molar-refractivity contribution >= 4 is 10.8 Å². The van der Waals surface area contributed by atoms with Crippen LogP contribution in [0.1, 0.15) is 17.8 Å². The van der Waals surface area contributed by atoms with E-state index in [-0.39, 0.29) is 0 Å². The Labute approximate surface area is 130 Å². The van der Waals surface area contributed by atoms with Gasteiger partial charge in [0.2, 0.25) is 0 Å². The summed E-state index contributed by atoms with van der Waals surface area (Å²) in [5.74, 6) is 9.08. The van der Waals surface area contributed by atoms with Gasteiger partial charge < -0.3 is 0 Å². The minimum absolute atomic E-state index is 0.682. The van der Waals surface area contributed by atoms with Gasteiger partial charge in [0, 0.05) is 18.2 Å². The maximum atomic E-state index is 5.39. The highest BCUT2D eigenvalue weighted by Crippen LogP contribution is 2.14. The molecule has 104 valence electrons. The Kier molecular flexibility index (Phi) is 4.14. The molecule has 0 bridgehead atoms. The number of aromatic nitrogens is 2. The van der Waals surface area contributed by atoms with Crippen LogP contribution in [0, 0.1) is 24.2 Å². The van der Waals surface area contributed by atoms with Gasteiger partial charge in [-0.3, -0.25) is 0 Å². The Morgan fingerprint density at radius 1 is 1.00 bits per heavy atom. The average Bonchev–Trinajstić information content (AvgIpc) is 2.59. The van der Waals surface area contributed by atoms with Crippen molar-refractivity contribution in [1.29, 1.82) is 0 Å². The molecule has 0 amide bonds. The molecule has 0 aliphatic rings. The Hall–Kier alpha value is -3.10. The first-order valence-electron chi connectivity index (χ1n) is 7.16. The molecule has 0 aliphatic heterocycles. The molecule has 0 aliphatic carbocycles. The van der Waals surface area contributed by atoms with E-state index in [0.717, 1.165) is 23.3 Å². The molecule has 0 atom stereocenters. The van der Waals surface area contributed by atoms with Crippen molar-refractivity contribution in [1.82, 2.24) is 4.98 Å². The standard InChI is InChI=1S/C20H15N2/c1-2-3-15-22-16-13-17-8-4-5-10-19(17)20(22)12-11-18-9-6-7-14-21-18/h1,4-10,13-14,16H,3,15H2/q+1. The van der Waals surface area contributed by atoms with Crippen LogP contribution in [-0.2, 0) is 6.54 Å². The number of benzene rings is 1. The summed E-state index contributed by atoms with van der Waals surface area (Å²) < 4.78 is 2.11. The third-order valence-corrected chi connectivity index (χ3v) is 3.41. The Morgan fingerprint density at radius 2 is 1.86 bits per heavy atom. The highest BCUT2D eigenvalue weighted by Gasteiger charge is 2.12. The van der Waals surface area contributed by atoms with Gasteiger partial charge >= 0.3 is 0 Å². The summed E-state index contributed by atoms with van der Waals surface area (Å²) in [5, 5.41) is 2.30. The van der Waals surface area contributed by atoms with E-state index in [1.165, 1.54) is 5.39 Å². The van der Waals surface area contributed by atoms with Crippen molar-refractivity contribution in [2.75, 3.05) is 0 Å². The van der Waals surface area contributed by atoms with Crippen molar-refractivity contribution < 1.29 is 4.57 Å². The van der Waals surface area contributed by atoms with Crippen molar-refractivity contribution in [3.05, 3.63) is 72.3 Å². The van der Waals surface area contributed by atoms with Crippen LogP contribution >= 0.6 is 0 Å². The van der Waals surface area contributed by atoms with Crippen LogP contribution in [0.5, 0.6) is 0 Å². The molecular formula is C20H15N2+. The molecule has 2 heteroatoms. The van der Waals surface area contributed by atoms with Crippen molar-refractivity contribution in [3.8, 4) is 24.2 Å². The number of hydrogen-bond acceptors (Lipinski definition) is 1. The minimum atomic E-state index is 0.682. The van der Waals surface area contributed by atoms with Crippen molar-refractivity contribution in [2.45, 2.75) is 13.0 Å². The van der Waals surface area contributed by atoms with Crippen molar-refractivity contribution in [2.24, 2.45) is 0 Å². The molecule has 0 saturated carbocycles. The SMILES string of the molecule is C#CCC[n+]1ccc2ccccc2c1C#Cc1ccccn1. The normalized spacial score (nSPS) is 9.77. The molecule has 2 heterocycles. The number of fused-ring (bicyclic) bond motifs is 1. The zero-order chi connectivity index (χ0) is 15.2. The summed E-state index contributed by atoms with van der Waals surface area (Å²) in [6.45, 7) is 0.758. The summed E-state index contributed by atoms with van der Waals surface area (Å²) in [6.07, 6.45) is 9.87. The zero-order valence-electron chi connectivity index (χ0n) is 12.2. The number of pyridine rings is 2. The molecule has 0 saturated heterocycles. The second-order valence-corrected chi connectivity index (χ2v) is 4.86. The second kappa shape index (κ2) is 6.57. The van der Waals surface area contributed by atoms with Gasteiger partial charge in [-0.15, -0.1) is 12.3 Å². The van der Waals surface area contributed by atoms with E-state index in [1.807, 2.05) is 36.5 Å². The van der Waals surface area contributed by atoms with Crippen LogP contribution < -0.4 is 4.57 Å². The Morgan fingerprint density at radius 3 is 2.68 bits per heavy atom. The smallest absolute Gasteiger partial charge is 0.248 e. The summed E-state index contributed by atoms with van der Waals surface area (Å²) in [5.41, 5.74) is 1.73. The third kappa shape index (κ3) is 2.97. The van der Waals surface area contributed by atoms with Crippen LogP contribution in [0.3, 0.4) is 0 Å². The first kappa shape index (κ1) is 13.9. The summed E-state index contributed by atoms with van der Waals surface area (Å²) in [7, 11) is 0. The zero-order valence-corrected chi connectivity index (χ0v) is 12.2. The molecule has 2 aromatic heterocycles. The summed E-state index contributed by atoms with van der Waals surface area (Å²) >= 11 is 0. The fourth-order valence-corrected chi connectivity index (χ4v) is 2.33. The number of nitrogens with zero attached hydrogens (tertiary/aromatic N) is 2. The van der Waals surface area contributed by atoms with E-state index in [1.54, 1.807) is 6.20 Å². The van der Waals surface area contributed by atoms with Crippen LogP contribution in [0.25, 0.3) is 10.8 Å². The topological polar surface area (TPSA) is 16.8 Å². The van der Waals surface area contributed by atoms with Crippen LogP contribution in [0.15, 0.2) is 60.9 Å². The van der Waals surface area contributed by atoms with E-state index < -0.39 is 0 Å². The Bertz CT molecular complexity index is 894. The van der Waals surface area contributed by atoms with E-state index in [0.29, 0.717) is 6.42 Å².